The van der Waals surface area contributed by atoms with Gasteiger partial charge in [-0.2, -0.15) is 5.10 Å². The molecule has 0 unspecified atom stereocenters. The Bertz CT molecular complexity index is 740. The minimum absolute atomic E-state index is 0.113. The molecular weight excluding hydrogens is 314 g/mol. The van der Waals surface area contributed by atoms with Crippen LogP contribution in [0.3, 0.4) is 0 Å². The molecule has 0 fully saturated rings. The zero-order valence-corrected chi connectivity index (χ0v) is 14.3. The fourth-order valence-corrected chi connectivity index (χ4v) is 2.99. The Balaban J connectivity index is 1.81. The first kappa shape index (κ1) is 15.9. The number of rotatable bonds is 4. The predicted molar refractivity (Wildman–Crippen MR) is 87.1 cm³/mol. The normalized spacial score (nSPS) is 13.7. The molecular formula is C16H20ClN5O. The molecule has 0 spiro atoms. The van der Waals surface area contributed by atoms with E-state index in [1.54, 1.807) is 9.58 Å². The first-order valence-corrected chi connectivity index (χ1v) is 8.21. The number of aryl methyl sites for hydroxylation is 1. The average Bonchev–Trinajstić information content (AvgIpc) is 3.08. The summed E-state index contributed by atoms with van der Waals surface area (Å²) in [6.45, 7) is 7.82. The Morgan fingerprint density at radius 2 is 2.13 bits per heavy atom. The van der Waals surface area contributed by atoms with Crippen LogP contribution in [-0.4, -0.2) is 30.6 Å². The van der Waals surface area contributed by atoms with E-state index in [-0.39, 0.29) is 5.91 Å². The summed E-state index contributed by atoms with van der Waals surface area (Å²) in [5.41, 5.74) is 2.38. The van der Waals surface area contributed by atoms with E-state index in [9.17, 15) is 4.79 Å². The number of fused-ring (bicyclic) bond motifs is 1. The van der Waals surface area contributed by atoms with Gasteiger partial charge in [-0.15, -0.1) is 0 Å². The molecule has 23 heavy (non-hydrogen) atoms. The Labute approximate surface area is 140 Å². The second kappa shape index (κ2) is 6.28. The van der Waals surface area contributed by atoms with Crippen molar-refractivity contribution in [3.63, 3.8) is 0 Å². The van der Waals surface area contributed by atoms with E-state index in [0.717, 1.165) is 23.5 Å². The third kappa shape index (κ3) is 3.08. The highest BCUT2D eigenvalue weighted by Crippen LogP contribution is 2.25. The van der Waals surface area contributed by atoms with Crippen LogP contribution < -0.4 is 0 Å². The van der Waals surface area contributed by atoms with E-state index < -0.39 is 0 Å². The lowest BCUT2D eigenvalue weighted by atomic mass is 10.1. The summed E-state index contributed by atoms with van der Waals surface area (Å²) >= 11 is 6.13. The topological polar surface area (TPSA) is 63.9 Å². The molecule has 0 saturated heterocycles. The lowest BCUT2D eigenvalue weighted by Gasteiger charge is -2.15. The van der Waals surface area contributed by atoms with Crippen molar-refractivity contribution in [3.05, 3.63) is 40.2 Å². The number of carbonyl (C=O) groups is 1. The van der Waals surface area contributed by atoms with Crippen LogP contribution in [0.1, 0.15) is 48.3 Å². The van der Waals surface area contributed by atoms with Crippen molar-refractivity contribution in [2.45, 2.75) is 46.8 Å². The fraction of sp³-hybridized carbons (Fsp3) is 0.500. The summed E-state index contributed by atoms with van der Waals surface area (Å²) in [6, 6.07) is 0. The first-order chi connectivity index (χ1) is 11.0. The molecule has 0 N–H and O–H groups in total. The van der Waals surface area contributed by atoms with Crippen LogP contribution in [-0.2, 0) is 26.1 Å². The number of hydrogen-bond donors (Lipinski definition) is 0. The van der Waals surface area contributed by atoms with Gasteiger partial charge in [-0.05, 0) is 12.8 Å². The van der Waals surface area contributed by atoms with Gasteiger partial charge in [0.15, 0.2) is 0 Å². The van der Waals surface area contributed by atoms with Crippen molar-refractivity contribution in [2.75, 3.05) is 0 Å². The monoisotopic (exact) mass is 333 g/mol. The summed E-state index contributed by atoms with van der Waals surface area (Å²) in [5, 5.41) is 4.52. The molecule has 2 aromatic heterocycles. The third-order valence-electron chi connectivity index (χ3n) is 3.88. The molecule has 7 heteroatoms. The molecule has 0 atom stereocenters. The zero-order chi connectivity index (χ0) is 16.6. The second-order valence-electron chi connectivity index (χ2n) is 6.17. The van der Waals surface area contributed by atoms with Crippen LogP contribution in [0.25, 0.3) is 0 Å². The number of amides is 1. The van der Waals surface area contributed by atoms with E-state index in [0.29, 0.717) is 36.3 Å². The van der Waals surface area contributed by atoms with Gasteiger partial charge in [-0.3, -0.25) is 9.48 Å². The predicted octanol–water partition coefficient (Wildman–Crippen LogP) is 2.70. The van der Waals surface area contributed by atoms with Gasteiger partial charge in [0.2, 0.25) is 0 Å². The van der Waals surface area contributed by atoms with Gasteiger partial charge in [0.1, 0.15) is 11.5 Å². The van der Waals surface area contributed by atoms with Gasteiger partial charge in [0, 0.05) is 31.3 Å². The summed E-state index contributed by atoms with van der Waals surface area (Å²) in [7, 11) is 0. The molecule has 122 valence electrons. The summed E-state index contributed by atoms with van der Waals surface area (Å²) in [5.74, 6) is 1.23. The van der Waals surface area contributed by atoms with Gasteiger partial charge in [-0.25, -0.2) is 9.97 Å². The van der Waals surface area contributed by atoms with E-state index in [2.05, 4.69) is 28.9 Å². The number of halogens is 1. The lowest BCUT2D eigenvalue weighted by molar-refractivity contribution is 0.0738. The fourth-order valence-electron chi connectivity index (χ4n) is 2.77. The lowest BCUT2D eigenvalue weighted by Crippen LogP contribution is -2.28. The molecule has 3 rings (SSSR count). The molecule has 1 aliphatic heterocycles. The smallest absolute Gasteiger partial charge is 0.274 e. The zero-order valence-electron chi connectivity index (χ0n) is 13.6. The standard InChI is InChI=1S/C16H20ClN5O/c1-4-22-15(12(17)7-19-22)16(23)21-8-11-6-18-14(5-10(2)3)20-13(11)9-21/h6-7,10H,4-5,8-9H2,1-3H3. The van der Waals surface area contributed by atoms with Crippen molar-refractivity contribution in [1.82, 2.24) is 24.6 Å². The molecule has 1 amide bonds. The summed E-state index contributed by atoms with van der Waals surface area (Å²) in [6.07, 6.45) is 4.20. The highest BCUT2D eigenvalue weighted by atomic mass is 35.5. The Morgan fingerprint density at radius 1 is 1.35 bits per heavy atom. The SMILES string of the molecule is CCn1ncc(Cl)c1C(=O)N1Cc2cnc(CC(C)C)nc2C1. The third-order valence-corrected chi connectivity index (χ3v) is 4.16. The van der Waals surface area contributed by atoms with Crippen LogP contribution in [0.2, 0.25) is 5.02 Å². The molecule has 2 aromatic rings. The van der Waals surface area contributed by atoms with Crippen molar-refractivity contribution < 1.29 is 4.79 Å². The van der Waals surface area contributed by atoms with Crippen molar-refractivity contribution in [3.8, 4) is 0 Å². The number of nitrogens with zero attached hydrogens (tertiary/aromatic N) is 5. The second-order valence-corrected chi connectivity index (χ2v) is 6.58. The molecule has 0 aromatic carbocycles. The first-order valence-electron chi connectivity index (χ1n) is 7.83. The number of aromatic nitrogens is 4. The maximum absolute atomic E-state index is 12.8. The highest BCUT2D eigenvalue weighted by molar-refractivity contribution is 6.33. The van der Waals surface area contributed by atoms with Crippen molar-refractivity contribution >= 4 is 17.5 Å². The number of carbonyl (C=O) groups excluding carboxylic acids is 1. The van der Waals surface area contributed by atoms with E-state index >= 15 is 0 Å². The van der Waals surface area contributed by atoms with Crippen molar-refractivity contribution in [1.29, 1.82) is 0 Å². The van der Waals surface area contributed by atoms with Gasteiger partial charge in [0.05, 0.1) is 23.5 Å². The molecule has 0 saturated carbocycles. The van der Waals surface area contributed by atoms with E-state index in [1.165, 1.54) is 6.20 Å². The summed E-state index contributed by atoms with van der Waals surface area (Å²) < 4.78 is 1.63. The highest BCUT2D eigenvalue weighted by Gasteiger charge is 2.29. The van der Waals surface area contributed by atoms with Gasteiger partial charge in [0.25, 0.3) is 5.91 Å². The van der Waals surface area contributed by atoms with E-state index in [4.69, 9.17) is 11.6 Å². The maximum atomic E-state index is 12.8. The van der Waals surface area contributed by atoms with Gasteiger partial charge in [-0.1, -0.05) is 25.4 Å². The van der Waals surface area contributed by atoms with Crippen LogP contribution in [0.15, 0.2) is 12.4 Å². The van der Waals surface area contributed by atoms with Crippen LogP contribution in [0, 0.1) is 5.92 Å². The average molecular weight is 334 g/mol. The Hall–Kier alpha value is -1.95. The van der Waals surface area contributed by atoms with Crippen LogP contribution >= 0.6 is 11.6 Å². The van der Waals surface area contributed by atoms with Gasteiger partial charge < -0.3 is 4.90 Å². The Kier molecular flexibility index (Phi) is 4.35. The quantitative estimate of drug-likeness (QED) is 0.863. The molecule has 0 radical (unpaired) electrons. The maximum Gasteiger partial charge on any atom is 0.274 e. The van der Waals surface area contributed by atoms with E-state index in [1.807, 2.05) is 13.1 Å². The molecule has 1 aliphatic rings. The van der Waals surface area contributed by atoms with Gasteiger partial charge >= 0.3 is 0 Å². The summed E-state index contributed by atoms with van der Waals surface area (Å²) in [4.78, 5) is 23.5. The minimum atomic E-state index is -0.113. The van der Waals surface area contributed by atoms with Crippen LogP contribution in [0.5, 0.6) is 0 Å². The van der Waals surface area contributed by atoms with Crippen LogP contribution in [0.4, 0.5) is 0 Å². The Morgan fingerprint density at radius 3 is 2.83 bits per heavy atom. The molecule has 0 aliphatic carbocycles. The number of hydrogen-bond acceptors (Lipinski definition) is 4. The largest absolute Gasteiger partial charge is 0.327 e. The molecule has 0 bridgehead atoms. The minimum Gasteiger partial charge on any atom is -0.327 e. The van der Waals surface area contributed by atoms with Crippen molar-refractivity contribution in [2.24, 2.45) is 5.92 Å². The molecule has 6 nitrogen and oxygen atoms in total. The molecule has 3 heterocycles.